The minimum absolute atomic E-state index is 0.162. The maximum absolute atomic E-state index is 12.9. The second-order valence-corrected chi connectivity index (χ2v) is 7.30. The number of benzene rings is 2. The van der Waals surface area contributed by atoms with Crippen LogP contribution in [0.1, 0.15) is 0 Å². The van der Waals surface area contributed by atoms with Gasteiger partial charge in [0.15, 0.2) is 11.5 Å². The van der Waals surface area contributed by atoms with Crippen molar-refractivity contribution in [3.63, 3.8) is 0 Å². The van der Waals surface area contributed by atoms with Crippen LogP contribution < -0.4 is 15.9 Å². The molecule has 3 heterocycles. The number of hydrogen-bond acceptors (Lipinski definition) is 4. The summed E-state index contributed by atoms with van der Waals surface area (Å²) in [7, 11) is 3.47. The van der Waals surface area contributed by atoms with Gasteiger partial charge < -0.3 is 13.9 Å². The zero-order chi connectivity index (χ0) is 18.0. The number of nitrogens with zero attached hydrogens (tertiary/aromatic N) is 2. The van der Waals surface area contributed by atoms with Crippen molar-refractivity contribution >= 4 is 33.6 Å². The molecule has 26 heavy (non-hydrogen) atoms. The summed E-state index contributed by atoms with van der Waals surface area (Å²) in [5.41, 5.74) is 1.27. The van der Waals surface area contributed by atoms with E-state index in [1.807, 2.05) is 48.5 Å². The van der Waals surface area contributed by atoms with Gasteiger partial charge >= 0.3 is 0 Å². The molecule has 0 bridgehead atoms. The average molecular weight is 362 g/mol. The third-order valence-corrected chi connectivity index (χ3v) is 5.97. The summed E-state index contributed by atoms with van der Waals surface area (Å²) in [5.74, 6) is 1.05. The van der Waals surface area contributed by atoms with Gasteiger partial charge in [-0.2, -0.15) is 0 Å². The molecule has 6 heteroatoms. The molecule has 1 aliphatic heterocycles. The minimum atomic E-state index is -0.162. The summed E-state index contributed by atoms with van der Waals surface area (Å²) in [6.07, 6.45) is 0. The molecule has 0 amide bonds. The van der Waals surface area contributed by atoms with E-state index in [0.29, 0.717) is 21.3 Å². The molecule has 0 spiro atoms. The van der Waals surface area contributed by atoms with E-state index < -0.39 is 0 Å². The van der Waals surface area contributed by atoms with E-state index in [1.54, 1.807) is 23.2 Å². The van der Waals surface area contributed by atoms with Gasteiger partial charge in [-0.3, -0.25) is 9.59 Å². The van der Waals surface area contributed by atoms with Crippen molar-refractivity contribution in [2.75, 3.05) is 0 Å². The highest BCUT2D eigenvalue weighted by atomic mass is 32.2. The molecule has 0 fully saturated rings. The van der Waals surface area contributed by atoms with E-state index in [4.69, 9.17) is 4.74 Å². The number of hydrogen-bond donors (Lipinski definition) is 0. The molecule has 0 aliphatic carbocycles. The lowest BCUT2D eigenvalue weighted by Crippen LogP contribution is -2.25. The molecule has 0 unspecified atom stereocenters. The van der Waals surface area contributed by atoms with E-state index in [1.165, 1.54) is 11.8 Å². The molecule has 2 aromatic heterocycles. The van der Waals surface area contributed by atoms with Crippen molar-refractivity contribution in [3.05, 3.63) is 69.2 Å². The summed E-state index contributed by atoms with van der Waals surface area (Å²) in [6.45, 7) is 0. The Morgan fingerprint density at radius 1 is 0.731 bits per heavy atom. The molecule has 4 aromatic rings. The Kier molecular flexibility index (Phi) is 3.09. The second kappa shape index (κ2) is 5.25. The van der Waals surface area contributed by atoms with E-state index in [-0.39, 0.29) is 11.1 Å². The molecule has 2 aromatic carbocycles. The van der Waals surface area contributed by atoms with Crippen LogP contribution in [0.2, 0.25) is 0 Å². The molecule has 0 atom stereocenters. The highest BCUT2D eigenvalue weighted by molar-refractivity contribution is 7.99. The lowest BCUT2D eigenvalue weighted by molar-refractivity contribution is 0.458. The third-order valence-electron chi connectivity index (χ3n) is 4.84. The Morgan fingerprint density at radius 3 is 1.62 bits per heavy atom. The summed E-state index contributed by atoms with van der Waals surface area (Å²) in [5, 5.41) is 1.71. The van der Waals surface area contributed by atoms with Crippen LogP contribution in [0.3, 0.4) is 0 Å². The Labute approximate surface area is 152 Å². The molecule has 0 saturated heterocycles. The second-order valence-electron chi connectivity index (χ2n) is 6.28. The Bertz CT molecular complexity index is 1250. The minimum Gasteiger partial charge on any atom is -0.453 e. The van der Waals surface area contributed by atoms with Crippen LogP contribution in [0.5, 0.6) is 11.5 Å². The quantitative estimate of drug-likeness (QED) is 0.422. The predicted molar refractivity (Wildman–Crippen MR) is 103 cm³/mol. The molecule has 5 nitrogen and oxygen atoms in total. The van der Waals surface area contributed by atoms with Gasteiger partial charge in [-0.05, 0) is 24.3 Å². The van der Waals surface area contributed by atoms with Crippen LogP contribution in [0.25, 0.3) is 21.8 Å². The zero-order valence-corrected chi connectivity index (χ0v) is 15.0. The predicted octanol–water partition coefficient (Wildman–Crippen LogP) is 3.65. The van der Waals surface area contributed by atoms with Gasteiger partial charge in [0.05, 0.1) is 11.0 Å². The Balaban J connectivity index is 1.92. The smallest absolute Gasteiger partial charge is 0.268 e. The highest BCUT2D eigenvalue weighted by Gasteiger charge is 2.29. The maximum Gasteiger partial charge on any atom is 0.268 e. The van der Waals surface area contributed by atoms with Crippen molar-refractivity contribution in [2.24, 2.45) is 14.1 Å². The van der Waals surface area contributed by atoms with E-state index in [9.17, 15) is 9.59 Å². The van der Waals surface area contributed by atoms with Gasteiger partial charge in [0.1, 0.15) is 9.79 Å². The summed E-state index contributed by atoms with van der Waals surface area (Å²) in [6, 6.07) is 15.3. The van der Waals surface area contributed by atoms with Crippen molar-refractivity contribution < 1.29 is 4.74 Å². The molecular weight excluding hydrogens is 348 g/mol. The van der Waals surface area contributed by atoms with Crippen molar-refractivity contribution in [1.82, 2.24) is 9.13 Å². The number of ether oxygens (including phenoxy) is 1. The lowest BCUT2D eigenvalue weighted by Gasteiger charge is -2.23. The number of pyridine rings is 2. The normalized spacial score (nSPS) is 12.7. The third kappa shape index (κ3) is 1.87. The Morgan fingerprint density at radius 2 is 1.15 bits per heavy atom. The van der Waals surface area contributed by atoms with Crippen molar-refractivity contribution in [1.29, 1.82) is 0 Å². The average Bonchev–Trinajstić information content (AvgIpc) is 2.69. The number of aryl methyl sites for hydroxylation is 2. The van der Waals surface area contributed by atoms with Crippen LogP contribution in [-0.2, 0) is 14.1 Å². The fraction of sp³-hybridized carbons (Fsp3) is 0.100. The van der Waals surface area contributed by atoms with Crippen LogP contribution in [0.4, 0.5) is 0 Å². The summed E-state index contributed by atoms with van der Waals surface area (Å²) >= 11 is 1.20. The largest absolute Gasteiger partial charge is 0.453 e. The SMILES string of the molecule is Cn1c(=O)c2c(c3ccccc31)Oc1c(c(=O)n(C)c3ccccc13)S2. The van der Waals surface area contributed by atoms with Gasteiger partial charge in [-0.25, -0.2) is 0 Å². The standard InChI is InChI=1S/C20H14N2O3S/c1-21-13-9-5-3-7-11(13)15-17(19(21)23)26-18-16(25-15)12-8-4-6-10-14(12)22(2)20(18)24/h3-10H,1-2H3. The first-order valence-electron chi connectivity index (χ1n) is 8.17. The van der Waals surface area contributed by atoms with Crippen LogP contribution >= 0.6 is 11.8 Å². The first kappa shape index (κ1) is 15.3. The van der Waals surface area contributed by atoms with E-state index in [0.717, 1.165) is 21.8 Å². The lowest BCUT2D eigenvalue weighted by atomic mass is 10.1. The number of fused-ring (bicyclic) bond motifs is 6. The number of para-hydroxylation sites is 2. The van der Waals surface area contributed by atoms with Gasteiger partial charge in [0, 0.05) is 24.9 Å². The van der Waals surface area contributed by atoms with Crippen molar-refractivity contribution in [2.45, 2.75) is 9.79 Å². The van der Waals surface area contributed by atoms with Crippen LogP contribution in [0.15, 0.2) is 67.9 Å². The topological polar surface area (TPSA) is 53.2 Å². The van der Waals surface area contributed by atoms with E-state index >= 15 is 0 Å². The zero-order valence-electron chi connectivity index (χ0n) is 14.1. The van der Waals surface area contributed by atoms with Gasteiger partial charge in [-0.15, -0.1) is 0 Å². The van der Waals surface area contributed by atoms with Gasteiger partial charge in [0.2, 0.25) is 0 Å². The van der Waals surface area contributed by atoms with Gasteiger partial charge in [-0.1, -0.05) is 36.0 Å². The Hall–Kier alpha value is -2.99. The fourth-order valence-corrected chi connectivity index (χ4v) is 4.61. The van der Waals surface area contributed by atoms with E-state index in [2.05, 4.69) is 0 Å². The fourth-order valence-electron chi connectivity index (χ4n) is 3.47. The molecule has 0 N–H and O–H groups in total. The maximum atomic E-state index is 12.9. The first-order valence-corrected chi connectivity index (χ1v) is 8.98. The first-order chi connectivity index (χ1) is 12.6. The monoisotopic (exact) mass is 362 g/mol. The highest BCUT2D eigenvalue weighted by Crippen LogP contribution is 2.48. The number of aromatic nitrogens is 2. The van der Waals surface area contributed by atoms with Crippen LogP contribution in [0, 0.1) is 0 Å². The molecule has 1 aliphatic rings. The van der Waals surface area contributed by atoms with Crippen LogP contribution in [-0.4, -0.2) is 9.13 Å². The molecule has 0 radical (unpaired) electrons. The van der Waals surface area contributed by atoms with Gasteiger partial charge in [0.25, 0.3) is 11.1 Å². The molecule has 5 rings (SSSR count). The summed E-state index contributed by atoms with van der Waals surface area (Å²) in [4.78, 5) is 26.6. The molecule has 0 saturated carbocycles. The summed E-state index contributed by atoms with van der Waals surface area (Å²) < 4.78 is 9.42. The number of rotatable bonds is 0. The molecular formula is C20H14N2O3S. The van der Waals surface area contributed by atoms with Crippen molar-refractivity contribution in [3.8, 4) is 11.5 Å². The molecule has 128 valence electrons.